The standard InChI is InChI=1S/C35H52O7/c1-9-21(2)32-24(5)15-16-34(42-32)19-28-18-27(41-34)14-13-23(4)31(36)22(3)11-10-12-26(7)35(38)20-30(39-8)25(6)17-29(35)33(37)40-28/h10-13,15-17,21-22,24,27-32,36,38H,9,14,18-20H2,1-8H3/b11-10+,23-13+,26-12+/t21-,22-,24-,27+,28-,29-,30-,31-,32+,34+,35+/m0/s1. The van der Waals surface area contributed by atoms with Crippen molar-refractivity contribution < 1.29 is 34.0 Å². The lowest BCUT2D eigenvalue weighted by Gasteiger charge is -2.48. The van der Waals surface area contributed by atoms with Gasteiger partial charge in [0.1, 0.15) is 17.6 Å². The van der Waals surface area contributed by atoms with E-state index >= 15 is 0 Å². The monoisotopic (exact) mass is 584 g/mol. The second kappa shape index (κ2) is 13.3. The van der Waals surface area contributed by atoms with Crippen LogP contribution >= 0.6 is 0 Å². The summed E-state index contributed by atoms with van der Waals surface area (Å²) in [7, 11) is 1.62. The number of aliphatic hydroxyl groups excluding tert-OH is 1. The number of ether oxygens (including phenoxy) is 4. The molecule has 3 heterocycles. The fourth-order valence-electron chi connectivity index (χ4n) is 6.87. The number of fused-ring (bicyclic) bond motifs is 3. The van der Waals surface area contributed by atoms with Gasteiger partial charge < -0.3 is 29.2 Å². The van der Waals surface area contributed by atoms with Gasteiger partial charge in [0.2, 0.25) is 0 Å². The number of aliphatic hydroxyl groups is 2. The summed E-state index contributed by atoms with van der Waals surface area (Å²) >= 11 is 0. The lowest BCUT2D eigenvalue weighted by Crippen LogP contribution is -2.54. The third-order valence-electron chi connectivity index (χ3n) is 10.00. The van der Waals surface area contributed by atoms with E-state index in [1.54, 1.807) is 13.2 Å². The summed E-state index contributed by atoms with van der Waals surface area (Å²) in [6, 6.07) is 0. The largest absolute Gasteiger partial charge is 0.462 e. The zero-order valence-corrected chi connectivity index (χ0v) is 26.7. The maximum atomic E-state index is 14.0. The van der Waals surface area contributed by atoms with E-state index in [0.717, 1.165) is 17.6 Å². The van der Waals surface area contributed by atoms with Gasteiger partial charge in [-0.05, 0) is 55.9 Å². The smallest absolute Gasteiger partial charge is 0.316 e. The number of rotatable bonds is 3. The Bertz CT molecular complexity index is 1130. The predicted molar refractivity (Wildman–Crippen MR) is 163 cm³/mol. The van der Waals surface area contributed by atoms with Gasteiger partial charge in [0, 0.05) is 38.2 Å². The summed E-state index contributed by atoms with van der Waals surface area (Å²) in [6.07, 6.45) is 14.5. The fraction of sp³-hybridized carbons (Fsp3) is 0.686. The van der Waals surface area contributed by atoms with Gasteiger partial charge in [-0.25, -0.2) is 0 Å². The first-order valence-electron chi connectivity index (χ1n) is 15.7. The minimum Gasteiger partial charge on any atom is -0.462 e. The van der Waals surface area contributed by atoms with Crippen molar-refractivity contribution in [1.29, 1.82) is 0 Å². The highest BCUT2D eigenvalue weighted by Gasteiger charge is 2.51. The molecule has 0 amide bonds. The molecule has 11 atom stereocenters. The van der Waals surface area contributed by atoms with Crippen LogP contribution in [0.1, 0.15) is 80.6 Å². The van der Waals surface area contributed by atoms with Gasteiger partial charge in [-0.3, -0.25) is 4.79 Å². The molecule has 7 heteroatoms. The van der Waals surface area contributed by atoms with E-state index < -0.39 is 35.5 Å². The molecule has 0 aromatic rings. The van der Waals surface area contributed by atoms with E-state index in [-0.39, 0.29) is 36.6 Å². The molecule has 0 radical (unpaired) electrons. The summed E-state index contributed by atoms with van der Waals surface area (Å²) < 4.78 is 25.4. The van der Waals surface area contributed by atoms with Gasteiger partial charge in [-0.1, -0.05) is 70.6 Å². The van der Waals surface area contributed by atoms with Crippen molar-refractivity contribution in [1.82, 2.24) is 0 Å². The average Bonchev–Trinajstić information content (AvgIpc) is 2.96. The highest BCUT2D eigenvalue weighted by atomic mass is 16.7. The van der Waals surface area contributed by atoms with E-state index in [0.29, 0.717) is 30.8 Å². The SMILES string of the molecule is CC[C@H](C)[C@H]1O[C@]2(C=C[C@@H]1C)C[C@@H]1C[C@@H](C/C=C(\C)[C@@H](O)[C@@H](C)/C=C/C=C(\C)[C@]3(O)C[C@H](OC)C(C)=C[C@H]3C(=O)O1)O2. The molecule has 1 aliphatic carbocycles. The Hall–Kier alpha value is -2.03. The quantitative estimate of drug-likeness (QED) is 0.312. The molecule has 1 fully saturated rings. The van der Waals surface area contributed by atoms with Crippen molar-refractivity contribution in [3.05, 3.63) is 59.3 Å². The molecule has 4 aliphatic rings. The van der Waals surface area contributed by atoms with E-state index in [1.165, 1.54) is 0 Å². The van der Waals surface area contributed by atoms with Gasteiger partial charge in [0.05, 0.1) is 24.4 Å². The molecule has 4 rings (SSSR count). The number of hydrogen-bond donors (Lipinski definition) is 2. The van der Waals surface area contributed by atoms with Crippen LogP contribution in [0.2, 0.25) is 0 Å². The third kappa shape index (κ3) is 6.86. The summed E-state index contributed by atoms with van der Waals surface area (Å²) in [5.74, 6) is -1.94. The predicted octanol–water partition coefficient (Wildman–Crippen LogP) is 5.97. The van der Waals surface area contributed by atoms with Crippen molar-refractivity contribution in [3.8, 4) is 0 Å². The average molecular weight is 585 g/mol. The van der Waals surface area contributed by atoms with Crippen LogP contribution in [0.5, 0.6) is 0 Å². The molecule has 0 saturated carbocycles. The highest BCUT2D eigenvalue weighted by molar-refractivity contribution is 5.78. The summed E-state index contributed by atoms with van der Waals surface area (Å²) in [5.41, 5.74) is 0.899. The number of carbonyl (C=O) groups is 1. The Morgan fingerprint density at radius 3 is 2.50 bits per heavy atom. The maximum Gasteiger partial charge on any atom is 0.316 e. The van der Waals surface area contributed by atoms with Crippen molar-refractivity contribution in [2.75, 3.05) is 7.11 Å². The van der Waals surface area contributed by atoms with Crippen LogP contribution in [0.25, 0.3) is 0 Å². The minimum atomic E-state index is -1.49. The summed E-state index contributed by atoms with van der Waals surface area (Å²) in [5, 5.41) is 23.1. The number of carbonyl (C=O) groups excluding carboxylic acids is 1. The molecule has 0 unspecified atom stereocenters. The fourth-order valence-corrected chi connectivity index (χ4v) is 6.87. The zero-order chi connectivity index (χ0) is 30.8. The first kappa shape index (κ1) is 32.9. The molecule has 234 valence electrons. The van der Waals surface area contributed by atoms with Crippen molar-refractivity contribution in [2.45, 2.75) is 122 Å². The number of hydrogen-bond acceptors (Lipinski definition) is 7. The molecular formula is C35H52O7. The van der Waals surface area contributed by atoms with Gasteiger partial charge >= 0.3 is 5.97 Å². The number of esters is 1. The van der Waals surface area contributed by atoms with Crippen LogP contribution in [0.15, 0.2) is 59.3 Å². The molecule has 42 heavy (non-hydrogen) atoms. The zero-order valence-electron chi connectivity index (χ0n) is 26.7. The van der Waals surface area contributed by atoms with E-state index in [2.05, 4.69) is 26.8 Å². The lowest BCUT2D eigenvalue weighted by molar-refractivity contribution is -0.300. The first-order chi connectivity index (χ1) is 19.8. The topological polar surface area (TPSA) is 94.5 Å². The maximum absolute atomic E-state index is 14.0. The van der Waals surface area contributed by atoms with Gasteiger partial charge in [0.25, 0.3) is 0 Å². The third-order valence-corrected chi connectivity index (χ3v) is 10.00. The molecule has 7 nitrogen and oxygen atoms in total. The Morgan fingerprint density at radius 2 is 1.81 bits per heavy atom. The Morgan fingerprint density at radius 1 is 1.07 bits per heavy atom. The van der Waals surface area contributed by atoms with Crippen LogP contribution in [0.3, 0.4) is 0 Å². The lowest BCUT2D eigenvalue weighted by atomic mass is 9.71. The van der Waals surface area contributed by atoms with Crippen LogP contribution in [0.4, 0.5) is 0 Å². The first-order valence-corrected chi connectivity index (χ1v) is 15.7. The minimum absolute atomic E-state index is 0.0209. The van der Waals surface area contributed by atoms with Crippen LogP contribution in [0, 0.1) is 23.7 Å². The molecule has 0 aromatic carbocycles. The summed E-state index contributed by atoms with van der Waals surface area (Å²) in [4.78, 5) is 14.0. The van der Waals surface area contributed by atoms with Crippen LogP contribution < -0.4 is 0 Å². The van der Waals surface area contributed by atoms with Crippen LogP contribution in [-0.2, 0) is 23.7 Å². The van der Waals surface area contributed by atoms with Crippen molar-refractivity contribution in [3.63, 3.8) is 0 Å². The van der Waals surface area contributed by atoms with E-state index in [9.17, 15) is 15.0 Å². The van der Waals surface area contributed by atoms with Crippen LogP contribution in [-0.4, -0.2) is 65.2 Å². The number of allylic oxidation sites excluding steroid dienone is 2. The Balaban J connectivity index is 1.75. The van der Waals surface area contributed by atoms with Gasteiger partial charge in [0.15, 0.2) is 5.79 Å². The van der Waals surface area contributed by atoms with Crippen molar-refractivity contribution >= 4 is 5.97 Å². The van der Waals surface area contributed by atoms with E-state index in [1.807, 2.05) is 58.1 Å². The number of methoxy groups -OCH3 is 1. The normalized spacial score (nSPS) is 45.5. The van der Waals surface area contributed by atoms with Crippen molar-refractivity contribution in [2.24, 2.45) is 23.7 Å². The van der Waals surface area contributed by atoms with Gasteiger partial charge in [-0.15, -0.1) is 0 Å². The molecule has 2 N–H and O–H groups in total. The molecular weight excluding hydrogens is 532 g/mol. The molecule has 1 saturated heterocycles. The highest BCUT2D eigenvalue weighted by Crippen LogP contribution is 2.44. The molecule has 0 aromatic heterocycles. The Labute approximate surface area is 252 Å². The van der Waals surface area contributed by atoms with E-state index in [4.69, 9.17) is 18.9 Å². The molecule has 2 bridgehead atoms. The van der Waals surface area contributed by atoms with Gasteiger partial charge in [-0.2, -0.15) is 0 Å². The summed E-state index contributed by atoms with van der Waals surface area (Å²) in [6.45, 7) is 14.2. The second-order valence-corrected chi connectivity index (χ2v) is 13.2. The Kier molecular flexibility index (Phi) is 10.4. The molecule has 3 aliphatic heterocycles. The second-order valence-electron chi connectivity index (χ2n) is 13.2. The molecule has 1 spiro atoms.